The average Bonchev–Trinajstić information content (AvgIpc) is 3.35. The predicted molar refractivity (Wildman–Crippen MR) is 123 cm³/mol. The highest BCUT2D eigenvalue weighted by Gasteiger charge is 2.44. The maximum Gasteiger partial charge on any atom is 0.253 e. The summed E-state index contributed by atoms with van der Waals surface area (Å²) in [7, 11) is 3.09. The maximum absolute atomic E-state index is 13.9. The Morgan fingerprint density at radius 1 is 1.09 bits per heavy atom. The Labute approximate surface area is 197 Å². The van der Waals surface area contributed by atoms with Crippen LogP contribution in [0.5, 0.6) is 17.2 Å². The number of likely N-dealkylation sites (tertiary alicyclic amines) is 1. The molecule has 7 nitrogen and oxygen atoms in total. The SMILES string of the molecule is COc1cc(C(=O)N2CCC3(CC2)Oc2cc(F)ccc2-n2cccc23)ccc1O[C@@H](C)OC. The monoisotopic (exact) mass is 466 g/mol. The number of amides is 1. The van der Waals surface area contributed by atoms with Crippen molar-refractivity contribution in [2.45, 2.75) is 31.7 Å². The summed E-state index contributed by atoms with van der Waals surface area (Å²) in [4.78, 5) is 15.1. The Bertz CT molecular complexity index is 1220. The number of benzene rings is 2. The number of halogens is 1. The molecular weight excluding hydrogens is 439 g/mol. The first-order chi connectivity index (χ1) is 16.4. The van der Waals surface area contributed by atoms with E-state index < -0.39 is 11.9 Å². The van der Waals surface area contributed by atoms with Crippen molar-refractivity contribution in [2.24, 2.45) is 0 Å². The molecule has 5 rings (SSSR count). The molecule has 2 aliphatic rings. The smallest absolute Gasteiger partial charge is 0.253 e. The maximum atomic E-state index is 13.9. The quantitative estimate of drug-likeness (QED) is 0.518. The molecule has 0 radical (unpaired) electrons. The molecule has 3 heterocycles. The first-order valence-corrected chi connectivity index (χ1v) is 11.3. The van der Waals surface area contributed by atoms with Crippen LogP contribution in [0.3, 0.4) is 0 Å². The van der Waals surface area contributed by atoms with Gasteiger partial charge in [-0.2, -0.15) is 0 Å². The Balaban J connectivity index is 1.34. The van der Waals surface area contributed by atoms with E-state index in [1.807, 2.05) is 23.2 Å². The second kappa shape index (κ2) is 8.68. The molecule has 0 N–H and O–H groups in total. The van der Waals surface area contributed by atoms with Gasteiger partial charge in [-0.05, 0) is 49.4 Å². The van der Waals surface area contributed by atoms with E-state index in [2.05, 4.69) is 4.57 Å². The Morgan fingerprint density at radius 2 is 1.88 bits per heavy atom. The van der Waals surface area contributed by atoms with Crippen molar-refractivity contribution in [3.05, 3.63) is 71.8 Å². The van der Waals surface area contributed by atoms with Gasteiger partial charge in [-0.25, -0.2) is 4.39 Å². The van der Waals surface area contributed by atoms with E-state index in [-0.39, 0.29) is 11.7 Å². The molecule has 8 heteroatoms. The standard InChI is InChI=1S/C26H27FN2O5/c1-17(31-2)33-21-9-6-18(15-23(21)32-3)25(30)28-13-10-26(11-14-28)24-5-4-12-29(24)20-8-7-19(27)16-22(20)34-26/h4-9,12,15-17H,10-11,13-14H2,1-3H3/t17-/m0/s1. The van der Waals surface area contributed by atoms with Crippen LogP contribution in [-0.4, -0.2) is 49.0 Å². The summed E-state index contributed by atoms with van der Waals surface area (Å²) >= 11 is 0. The second-order valence-corrected chi connectivity index (χ2v) is 8.55. The lowest BCUT2D eigenvalue weighted by atomic mass is 9.86. The van der Waals surface area contributed by atoms with Crippen molar-refractivity contribution >= 4 is 5.91 Å². The zero-order valence-corrected chi connectivity index (χ0v) is 19.4. The average molecular weight is 467 g/mol. The van der Waals surface area contributed by atoms with Crippen LogP contribution in [0.15, 0.2) is 54.7 Å². The molecule has 0 aliphatic carbocycles. The topological polar surface area (TPSA) is 62.2 Å². The predicted octanol–water partition coefficient (Wildman–Crippen LogP) is 4.52. The van der Waals surface area contributed by atoms with Crippen molar-refractivity contribution in [3.63, 3.8) is 0 Å². The molecule has 1 aromatic heterocycles. The van der Waals surface area contributed by atoms with Crippen molar-refractivity contribution in [1.29, 1.82) is 0 Å². The third kappa shape index (κ3) is 3.77. The minimum Gasteiger partial charge on any atom is -0.493 e. The van der Waals surface area contributed by atoms with E-state index in [1.165, 1.54) is 19.2 Å². The molecule has 2 aromatic carbocycles. The van der Waals surface area contributed by atoms with Gasteiger partial charge in [-0.1, -0.05) is 0 Å². The number of aromatic nitrogens is 1. The van der Waals surface area contributed by atoms with E-state index in [9.17, 15) is 9.18 Å². The summed E-state index contributed by atoms with van der Waals surface area (Å²) in [5.41, 5.74) is 1.76. The van der Waals surface area contributed by atoms with E-state index in [1.54, 1.807) is 38.3 Å². The molecule has 1 saturated heterocycles. The molecule has 3 aromatic rings. The van der Waals surface area contributed by atoms with Crippen LogP contribution < -0.4 is 14.2 Å². The number of hydrogen-bond donors (Lipinski definition) is 0. The highest BCUT2D eigenvalue weighted by atomic mass is 19.1. The van der Waals surface area contributed by atoms with Crippen molar-refractivity contribution in [2.75, 3.05) is 27.3 Å². The molecule has 34 heavy (non-hydrogen) atoms. The molecule has 1 atom stereocenters. The lowest BCUT2D eigenvalue weighted by molar-refractivity contribution is -0.0395. The summed E-state index contributed by atoms with van der Waals surface area (Å²) in [6.07, 6.45) is 2.72. The lowest BCUT2D eigenvalue weighted by Gasteiger charge is -2.45. The van der Waals surface area contributed by atoms with Crippen LogP contribution >= 0.6 is 0 Å². The third-order valence-corrected chi connectivity index (χ3v) is 6.60. The zero-order chi connectivity index (χ0) is 23.9. The molecule has 1 amide bonds. The normalized spacial score (nSPS) is 16.9. The molecule has 178 valence electrons. The van der Waals surface area contributed by atoms with Gasteiger partial charge in [0.1, 0.15) is 11.6 Å². The number of nitrogens with zero attached hydrogens (tertiary/aromatic N) is 2. The lowest BCUT2D eigenvalue weighted by Crippen LogP contribution is -2.50. The van der Waals surface area contributed by atoms with Crippen LogP contribution in [0, 0.1) is 5.82 Å². The summed E-state index contributed by atoms with van der Waals surface area (Å²) < 4.78 is 38.6. The number of piperidine rings is 1. The first kappa shape index (κ1) is 22.3. The van der Waals surface area contributed by atoms with Crippen molar-refractivity contribution < 1.29 is 28.1 Å². The van der Waals surface area contributed by atoms with Crippen LogP contribution in [0.25, 0.3) is 5.69 Å². The van der Waals surface area contributed by atoms with Crippen LogP contribution in [0.1, 0.15) is 35.8 Å². The molecule has 1 spiro atoms. The fraction of sp³-hybridized carbons (Fsp3) is 0.346. The number of carbonyl (C=O) groups is 1. The fourth-order valence-corrected chi connectivity index (χ4v) is 4.73. The van der Waals surface area contributed by atoms with Gasteiger partial charge in [0.15, 0.2) is 23.4 Å². The second-order valence-electron chi connectivity index (χ2n) is 8.55. The van der Waals surface area contributed by atoms with Gasteiger partial charge in [0.25, 0.3) is 5.91 Å². The third-order valence-electron chi connectivity index (χ3n) is 6.60. The number of carbonyl (C=O) groups excluding carboxylic acids is 1. The Kier molecular flexibility index (Phi) is 5.69. The minimum atomic E-state index is -0.604. The number of hydrogen-bond acceptors (Lipinski definition) is 5. The van der Waals surface area contributed by atoms with Gasteiger partial charge < -0.3 is 28.4 Å². The van der Waals surface area contributed by atoms with Crippen LogP contribution in [0.4, 0.5) is 4.39 Å². The van der Waals surface area contributed by atoms with Gasteiger partial charge in [-0.3, -0.25) is 4.79 Å². The van der Waals surface area contributed by atoms with E-state index in [0.29, 0.717) is 48.7 Å². The molecule has 1 fully saturated rings. The summed E-state index contributed by atoms with van der Waals surface area (Å²) in [6.45, 7) is 2.80. The first-order valence-electron chi connectivity index (χ1n) is 11.3. The largest absolute Gasteiger partial charge is 0.493 e. The van der Waals surface area contributed by atoms with Crippen molar-refractivity contribution in [3.8, 4) is 22.9 Å². The molecular formula is C26H27FN2O5. The number of rotatable bonds is 5. The fourth-order valence-electron chi connectivity index (χ4n) is 4.73. The van der Waals surface area contributed by atoms with Crippen molar-refractivity contribution in [1.82, 2.24) is 9.47 Å². The van der Waals surface area contributed by atoms with Gasteiger partial charge >= 0.3 is 0 Å². The van der Waals surface area contributed by atoms with E-state index >= 15 is 0 Å². The van der Waals surface area contributed by atoms with E-state index in [4.69, 9.17) is 18.9 Å². The van der Waals surface area contributed by atoms with Gasteiger partial charge in [0, 0.05) is 50.9 Å². The molecule has 2 aliphatic heterocycles. The zero-order valence-electron chi connectivity index (χ0n) is 19.4. The van der Waals surface area contributed by atoms with E-state index in [0.717, 1.165) is 11.4 Å². The number of fused-ring (bicyclic) bond motifs is 4. The molecule has 0 saturated carbocycles. The Morgan fingerprint density at radius 3 is 2.62 bits per heavy atom. The van der Waals surface area contributed by atoms with Gasteiger partial charge in [-0.15, -0.1) is 0 Å². The van der Waals surface area contributed by atoms with Gasteiger partial charge in [0.05, 0.1) is 18.5 Å². The minimum absolute atomic E-state index is 0.0860. The Hall–Kier alpha value is -3.52. The van der Waals surface area contributed by atoms with Gasteiger partial charge in [0.2, 0.25) is 0 Å². The molecule has 0 bridgehead atoms. The highest BCUT2D eigenvalue weighted by Crippen LogP contribution is 2.45. The number of methoxy groups -OCH3 is 2. The van der Waals surface area contributed by atoms with Crippen LogP contribution in [0.2, 0.25) is 0 Å². The summed E-state index contributed by atoms with van der Waals surface area (Å²) in [6, 6.07) is 13.7. The highest BCUT2D eigenvalue weighted by molar-refractivity contribution is 5.95. The summed E-state index contributed by atoms with van der Waals surface area (Å²) in [5, 5.41) is 0. The molecule has 0 unspecified atom stereocenters. The summed E-state index contributed by atoms with van der Waals surface area (Å²) in [5.74, 6) is 1.08. The van der Waals surface area contributed by atoms with Crippen LogP contribution in [-0.2, 0) is 10.3 Å². The number of ether oxygens (including phenoxy) is 4.